The number of hydrogen-bond acceptors (Lipinski definition) is 6. The summed E-state index contributed by atoms with van der Waals surface area (Å²) in [5.41, 5.74) is 3.85. The van der Waals surface area contributed by atoms with E-state index in [2.05, 4.69) is 56.8 Å². The van der Waals surface area contributed by atoms with Crippen molar-refractivity contribution in [3.05, 3.63) is 64.9 Å². The molecule has 1 atom stereocenters. The van der Waals surface area contributed by atoms with Crippen LogP contribution in [0.4, 0.5) is 0 Å². The first-order valence-corrected chi connectivity index (χ1v) is 9.97. The standard InChI is InChI=1S/C20H23N5S/c1-2-15-4-6-16(7-5-15)18-12-21-10-11-25(18)13-17-14-26-20(24-17)19-22-8-3-9-23-19/h3-9,14,18,21H,2,10-13H2,1H3. The fourth-order valence-electron chi connectivity index (χ4n) is 3.34. The highest BCUT2D eigenvalue weighted by atomic mass is 32.1. The van der Waals surface area contributed by atoms with E-state index in [1.165, 1.54) is 11.1 Å². The largest absolute Gasteiger partial charge is 0.314 e. The van der Waals surface area contributed by atoms with Crippen LogP contribution in [-0.4, -0.2) is 39.5 Å². The zero-order chi connectivity index (χ0) is 17.8. The number of thiazole rings is 1. The zero-order valence-electron chi connectivity index (χ0n) is 14.9. The molecule has 0 spiro atoms. The molecule has 0 aliphatic carbocycles. The van der Waals surface area contributed by atoms with Crippen molar-refractivity contribution >= 4 is 11.3 Å². The lowest BCUT2D eigenvalue weighted by molar-refractivity contribution is 0.152. The van der Waals surface area contributed by atoms with E-state index >= 15 is 0 Å². The van der Waals surface area contributed by atoms with E-state index in [1.807, 2.05) is 6.07 Å². The molecule has 3 aromatic rings. The Morgan fingerprint density at radius 2 is 2.00 bits per heavy atom. The third-order valence-corrected chi connectivity index (χ3v) is 5.69. The van der Waals surface area contributed by atoms with Crippen LogP contribution in [-0.2, 0) is 13.0 Å². The Hall–Kier alpha value is -2.15. The highest BCUT2D eigenvalue weighted by Gasteiger charge is 2.24. The highest BCUT2D eigenvalue weighted by molar-refractivity contribution is 7.13. The molecule has 134 valence electrons. The Balaban J connectivity index is 1.51. The van der Waals surface area contributed by atoms with Gasteiger partial charge in [0.15, 0.2) is 10.8 Å². The van der Waals surface area contributed by atoms with Gasteiger partial charge in [0.1, 0.15) is 0 Å². The Labute approximate surface area is 158 Å². The van der Waals surface area contributed by atoms with E-state index in [1.54, 1.807) is 23.7 Å². The predicted octanol–water partition coefficient (Wildman–Crippen LogP) is 3.31. The second-order valence-electron chi connectivity index (χ2n) is 6.50. The van der Waals surface area contributed by atoms with Gasteiger partial charge in [-0.15, -0.1) is 11.3 Å². The molecule has 1 aromatic carbocycles. The predicted molar refractivity (Wildman–Crippen MR) is 105 cm³/mol. The summed E-state index contributed by atoms with van der Waals surface area (Å²) in [5, 5.41) is 6.55. The minimum absolute atomic E-state index is 0.382. The quantitative estimate of drug-likeness (QED) is 0.752. The smallest absolute Gasteiger partial charge is 0.188 e. The topological polar surface area (TPSA) is 53.9 Å². The molecule has 26 heavy (non-hydrogen) atoms. The molecular formula is C20H23N5S. The lowest BCUT2D eigenvalue weighted by Gasteiger charge is -2.36. The van der Waals surface area contributed by atoms with Gasteiger partial charge in [-0.25, -0.2) is 15.0 Å². The van der Waals surface area contributed by atoms with Gasteiger partial charge in [-0.1, -0.05) is 31.2 Å². The first-order chi connectivity index (χ1) is 12.8. The summed E-state index contributed by atoms with van der Waals surface area (Å²) in [6.07, 6.45) is 4.60. The third-order valence-electron chi connectivity index (χ3n) is 4.80. The Kier molecular flexibility index (Phi) is 5.34. The molecule has 0 bridgehead atoms. The molecule has 1 N–H and O–H groups in total. The molecule has 0 amide bonds. The number of piperazine rings is 1. The van der Waals surface area contributed by atoms with E-state index in [4.69, 9.17) is 4.98 Å². The average Bonchev–Trinajstić information content (AvgIpc) is 3.18. The third kappa shape index (κ3) is 3.82. The van der Waals surface area contributed by atoms with Crippen LogP contribution in [0.5, 0.6) is 0 Å². The lowest BCUT2D eigenvalue weighted by Crippen LogP contribution is -2.45. The van der Waals surface area contributed by atoms with E-state index < -0.39 is 0 Å². The van der Waals surface area contributed by atoms with Crippen LogP contribution < -0.4 is 5.32 Å². The summed E-state index contributed by atoms with van der Waals surface area (Å²) in [6.45, 7) is 6.06. The summed E-state index contributed by atoms with van der Waals surface area (Å²) >= 11 is 1.61. The number of rotatable bonds is 5. The van der Waals surface area contributed by atoms with Gasteiger partial charge in [-0.2, -0.15) is 0 Å². The van der Waals surface area contributed by atoms with E-state index in [0.29, 0.717) is 11.9 Å². The molecule has 6 heteroatoms. The van der Waals surface area contributed by atoms with Gasteiger partial charge in [0.05, 0.1) is 5.69 Å². The van der Waals surface area contributed by atoms with Crippen molar-refractivity contribution < 1.29 is 0 Å². The summed E-state index contributed by atoms with van der Waals surface area (Å²) in [6, 6.07) is 11.2. The SMILES string of the molecule is CCc1ccc(C2CNCCN2Cc2csc(-c3ncccn3)n2)cc1. The minimum Gasteiger partial charge on any atom is -0.314 e. The second-order valence-corrected chi connectivity index (χ2v) is 7.36. The van der Waals surface area contributed by atoms with Crippen LogP contribution in [0.15, 0.2) is 48.1 Å². The van der Waals surface area contributed by atoms with E-state index in [0.717, 1.165) is 43.3 Å². The number of hydrogen-bond donors (Lipinski definition) is 1. The number of nitrogens with zero attached hydrogens (tertiary/aromatic N) is 4. The molecule has 3 heterocycles. The normalized spacial score (nSPS) is 18.1. The molecule has 0 saturated carbocycles. The summed E-state index contributed by atoms with van der Waals surface area (Å²) in [5.74, 6) is 0.704. The van der Waals surface area contributed by atoms with Crippen LogP contribution >= 0.6 is 11.3 Å². The van der Waals surface area contributed by atoms with E-state index in [9.17, 15) is 0 Å². The average molecular weight is 366 g/mol. The molecule has 4 rings (SSSR count). The van der Waals surface area contributed by atoms with Gasteiger partial charge in [-0.05, 0) is 23.6 Å². The zero-order valence-corrected chi connectivity index (χ0v) is 15.7. The molecule has 1 saturated heterocycles. The lowest BCUT2D eigenvalue weighted by atomic mass is 10.0. The van der Waals surface area contributed by atoms with Crippen LogP contribution in [0.25, 0.3) is 10.8 Å². The van der Waals surface area contributed by atoms with Gasteiger partial charge >= 0.3 is 0 Å². The molecule has 1 aliphatic rings. The minimum atomic E-state index is 0.382. The molecular weight excluding hydrogens is 342 g/mol. The molecule has 0 radical (unpaired) electrons. The maximum Gasteiger partial charge on any atom is 0.188 e. The number of nitrogens with one attached hydrogen (secondary N) is 1. The Bertz CT molecular complexity index is 831. The van der Waals surface area contributed by atoms with E-state index in [-0.39, 0.29) is 0 Å². The van der Waals surface area contributed by atoms with Crippen LogP contribution in [0.1, 0.15) is 29.8 Å². The number of benzene rings is 1. The molecule has 1 unspecified atom stereocenters. The van der Waals surface area contributed by atoms with Crippen molar-refractivity contribution in [3.8, 4) is 10.8 Å². The Morgan fingerprint density at radius 3 is 2.77 bits per heavy atom. The van der Waals surface area contributed by atoms with Crippen molar-refractivity contribution in [2.45, 2.75) is 25.9 Å². The van der Waals surface area contributed by atoms with Crippen LogP contribution in [0, 0.1) is 0 Å². The number of aryl methyl sites for hydroxylation is 1. The fourth-order valence-corrected chi connectivity index (χ4v) is 4.10. The maximum absolute atomic E-state index is 4.76. The van der Waals surface area contributed by atoms with Crippen LogP contribution in [0.2, 0.25) is 0 Å². The van der Waals surface area contributed by atoms with Crippen molar-refractivity contribution in [1.29, 1.82) is 0 Å². The molecule has 5 nitrogen and oxygen atoms in total. The first-order valence-electron chi connectivity index (χ1n) is 9.09. The summed E-state index contributed by atoms with van der Waals surface area (Å²) < 4.78 is 0. The van der Waals surface area contributed by atoms with Crippen molar-refractivity contribution in [2.75, 3.05) is 19.6 Å². The van der Waals surface area contributed by atoms with Crippen molar-refractivity contribution in [2.24, 2.45) is 0 Å². The first kappa shape index (κ1) is 17.3. The summed E-state index contributed by atoms with van der Waals surface area (Å²) in [7, 11) is 0. The highest BCUT2D eigenvalue weighted by Crippen LogP contribution is 2.26. The van der Waals surface area contributed by atoms with Gasteiger partial charge < -0.3 is 5.32 Å². The van der Waals surface area contributed by atoms with Gasteiger partial charge in [0.25, 0.3) is 0 Å². The summed E-state index contributed by atoms with van der Waals surface area (Å²) in [4.78, 5) is 15.9. The van der Waals surface area contributed by atoms with Gasteiger partial charge in [-0.3, -0.25) is 4.90 Å². The molecule has 1 aliphatic heterocycles. The maximum atomic E-state index is 4.76. The van der Waals surface area contributed by atoms with Crippen molar-refractivity contribution in [3.63, 3.8) is 0 Å². The van der Waals surface area contributed by atoms with Crippen LogP contribution in [0.3, 0.4) is 0 Å². The van der Waals surface area contributed by atoms with Gasteiger partial charge in [0, 0.05) is 50.0 Å². The Morgan fingerprint density at radius 1 is 1.19 bits per heavy atom. The molecule has 2 aromatic heterocycles. The molecule has 1 fully saturated rings. The van der Waals surface area contributed by atoms with Gasteiger partial charge in [0.2, 0.25) is 0 Å². The fraction of sp³-hybridized carbons (Fsp3) is 0.350. The second kappa shape index (κ2) is 8.03. The number of aromatic nitrogens is 3. The monoisotopic (exact) mass is 365 g/mol. The van der Waals surface area contributed by atoms with Crippen molar-refractivity contribution in [1.82, 2.24) is 25.2 Å².